The predicted molar refractivity (Wildman–Crippen MR) is 105 cm³/mol. The monoisotopic (exact) mass is 406 g/mol. The number of pyridine rings is 1. The molecule has 4 rings (SSSR count). The quantitative estimate of drug-likeness (QED) is 0.493. The Labute approximate surface area is 168 Å². The Morgan fingerprint density at radius 2 is 1.90 bits per heavy atom. The summed E-state index contributed by atoms with van der Waals surface area (Å²) in [4.78, 5) is 23.0. The van der Waals surface area contributed by atoms with E-state index in [0.717, 1.165) is 29.0 Å². The number of amides is 1. The zero-order valence-corrected chi connectivity index (χ0v) is 15.7. The van der Waals surface area contributed by atoms with Crippen LogP contribution in [-0.4, -0.2) is 15.9 Å². The van der Waals surface area contributed by atoms with Crippen LogP contribution < -0.4 is 4.90 Å². The molecule has 0 saturated carbocycles. The van der Waals surface area contributed by atoms with Crippen molar-refractivity contribution in [2.75, 3.05) is 4.90 Å². The molecule has 2 heterocycles. The van der Waals surface area contributed by atoms with Gasteiger partial charge in [0.1, 0.15) is 0 Å². The number of fused-ring (bicyclic) bond motifs is 1. The van der Waals surface area contributed by atoms with E-state index in [4.69, 9.17) is 5.26 Å². The molecule has 142 valence electrons. The Morgan fingerprint density at radius 1 is 1.14 bits per heavy atom. The van der Waals surface area contributed by atoms with Crippen molar-refractivity contribution >= 4 is 32.6 Å². The van der Waals surface area contributed by atoms with Gasteiger partial charge in [0.05, 0.1) is 28.4 Å². The molecule has 5 nitrogen and oxygen atoms in total. The molecular weight excluding hydrogens is 394 g/mol. The number of hydrogen-bond donors (Lipinski definition) is 0. The summed E-state index contributed by atoms with van der Waals surface area (Å²) in [6.45, 7) is 0.178. The fourth-order valence-electron chi connectivity index (χ4n) is 2.77. The number of nitriles is 1. The first-order chi connectivity index (χ1) is 14.0. The summed E-state index contributed by atoms with van der Waals surface area (Å²) in [6, 6.07) is 13.9. The van der Waals surface area contributed by atoms with Crippen LogP contribution in [0.25, 0.3) is 10.2 Å². The highest BCUT2D eigenvalue weighted by atomic mass is 32.1. The van der Waals surface area contributed by atoms with Gasteiger partial charge < -0.3 is 0 Å². The van der Waals surface area contributed by atoms with Crippen molar-refractivity contribution in [3.05, 3.63) is 89.2 Å². The molecule has 0 N–H and O–H groups in total. The van der Waals surface area contributed by atoms with Gasteiger partial charge in [0.25, 0.3) is 5.91 Å². The number of anilines is 1. The van der Waals surface area contributed by atoms with E-state index in [1.165, 1.54) is 4.90 Å². The van der Waals surface area contributed by atoms with Gasteiger partial charge in [0.15, 0.2) is 16.8 Å². The fraction of sp³-hybridized carbons (Fsp3) is 0.0476. The maximum Gasteiger partial charge on any atom is 0.260 e. The number of aromatic nitrogens is 2. The van der Waals surface area contributed by atoms with Crippen molar-refractivity contribution in [1.82, 2.24) is 9.97 Å². The van der Waals surface area contributed by atoms with Crippen molar-refractivity contribution in [1.29, 1.82) is 5.26 Å². The third-order valence-corrected chi connectivity index (χ3v) is 5.26. The van der Waals surface area contributed by atoms with Gasteiger partial charge in [-0.25, -0.2) is 13.8 Å². The second kappa shape index (κ2) is 7.73. The maximum absolute atomic E-state index is 13.6. The van der Waals surface area contributed by atoms with Crippen molar-refractivity contribution in [2.24, 2.45) is 0 Å². The van der Waals surface area contributed by atoms with Crippen LogP contribution in [0, 0.1) is 23.0 Å². The topological polar surface area (TPSA) is 69.9 Å². The van der Waals surface area contributed by atoms with Crippen LogP contribution in [0.5, 0.6) is 0 Å². The zero-order chi connectivity index (χ0) is 20.4. The van der Waals surface area contributed by atoms with Gasteiger partial charge in [-0.05, 0) is 42.0 Å². The minimum Gasteiger partial charge on any atom is -0.279 e. The maximum atomic E-state index is 13.6. The van der Waals surface area contributed by atoms with E-state index < -0.39 is 11.6 Å². The molecule has 4 aromatic rings. The molecule has 1 amide bonds. The van der Waals surface area contributed by atoms with Crippen LogP contribution in [0.2, 0.25) is 0 Å². The number of thiazole rings is 1. The van der Waals surface area contributed by atoms with Gasteiger partial charge in [0.2, 0.25) is 0 Å². The van der Waals surface area contributed by atoms with Gasteiger partial charge in [0, 0.05) is 24.0 Å². The minimum absolute atomic E-state index is 0.178. The average Bonchev–Trinajstić information content (AvgIpc) is 3.15. The lowest BCUT2D eigenvalue weighted by Gasteiger charge is -2.20. The molecule has 0 aliphatic rings. The van der Waals surface area contributed by atoms with Gasteiger partial charge in [-0.1, -0.05) is 17.4 Å². The van der Waals surface area contributed by atoms with Gasteiger partial charge in [-0.2, -0.15) is 5.26 Å². The number of carbonyl (C=O) groups is 1. The third-order valence-electron chi connectivity index (χ3n) is 4.22. The molecule has 0 bridgehead atoms. The summed E-state index contributed by atoms with van der Waals surface area (Å²) in [5, 5.41) is 9.26. The molecule has 2 aromatic carbocycles. The third kappa shape index (κ3) is 3.81. The molecule has 2 aromatic heterocycles. The van der Waals surface area contributed by atoms with Crippen LogP contribution in [0.15, 0.2) is 60.9 Å². The van der Waals surface area contributed by atoms with Crippen LogP contribution >= 0.6 is 11.3 Å². The zero-order valence-electron chi connectivity index (χ0n) is 14.8. The highest BCUT2D eigenvalue weighted by molar-refractivity contribution is 7.22. The number of carbonyl (C=O) groups excluding carboxylic acids is 1. The van der Waals surface area contributed by atoms with Crippen LogP contribution in [-0.2, 0) is 6.54 Å². The first kappa shape index (κ1) is 18.7. The Bertz CT molecular complexity index is 1190. The van der Waals surface area contributed by atoms with Crippen LogP contribution in [0.1, 0.15) is 21.5 Å². The fourth-order valence-corrected chi connectivity index (χ4v) is 3.74. The van der Waals surface area contributed by atoms with Crippen molar-refractivity contribution in [3.8, 4) is 6.07 Å². The van der Waals surface area contributed by atoms with E-state index in [1.54, 1.807) is 42.7 Å². The molecule has 0 unspecified atom stereocenters. The Balaban J connectivity index is 1.77. The molecule has 0 spiro atoms. The summed E-state index contributed by atoms with van der Waals surface area (Å²) in [5.41, 5.74) is 1.84. The Hall–Kier alpha value is -3.70. The predicted octanol–water partition coefficient (Wildman–Crippen LogP) is 4.69. The van der Waals surface area contributed by atoms with Crippen molar-refractivity contribution in [3.63, 3.8) is 0 Å². The highest BCUT2D eigenvalue weighted by Gasteiger charge is 2.22. The molecule has 0 fully saturated rings. The van der Waals surface area contributed by atoms with E-state index in [2.05, 4.69) is 9.97 Å². The standard InChI is InChI=1S/C21H12F2N4OS/c22-16-8-18-19(9-17(16)23)29-21(26-18)27(12-14-2-1-7-25-11-14)20(28)15-5-3-13(10-24)4-6-15/h1-9,11H,12H2. The summed E-state index contributed by atoms with van der Waals surface area (Å²) < 4.78 is 27.6. The molecule has 0 aliphatic carbocycles. The first-order valence-electron chi connectivity index (χ1n) is 8.51. The summed E-state index contributed by atoms with van der Waals surface area (Å²) in [5.74, 6) is -2.31. The van der Waals surface area contributed by atoms with Gasteiger partial charge in [-0.15, -0.1) is 0 Å². The first-order valence-corrected chi connectivity index (χ1v) is 9.33. The number of rotatable bonds is 4. The summed E-state index contributed by atoms with van der Waals surface area (Å²) in [6.07, 6.45) is 3.26. The lowest BCUT2D eigenvalue weighted by Crippen LogP contribution is -2.30. The molecular formula is C21H12F2N4OS. The van der Waals surface area contributed by atoms with E-state index in [0.29, 0.717) is 21.0 Å². The van der Waals surface area contributed by atoms with E-state index >= 15 is 0 Å². The van der Waals surface area contributed by atoms with Crippen LogP contribution in [0.4, 0.5) is 13.9 Å². The molecule has 0 atom stereocenters. The normalized spacial score (nSPS) is 10.7. The second-order valence-electron chi connectivity index (χ2n) is 6.17. The van der Waals surface area contributed by atoms with Crippen LogP contribution in [0.3, 0.4) is 0 Å². The van der Waals surface area contributed by atoms with E-state index in [-0.39, 0.29) is 18.0 Å². The number of hydrogen-bond acceptors (Lipinski definition) is 5. The SMILES string of the molecule is N#Cc1ccc(C(=O)N(Cc2cccnc2)c2nc3cc(F)c(F)cc3s2)cc1. The lowest BCUT2D eigenvalue weighted by molar-refractivity contribution is 0.0985. The lowest BCUT2D eigenvalue weighted by atomic mass is 10.1. The highest BCUT2D eigenvalue weighted by Crippen LogP contribution is 2.32. The summed E-state index contributed by atoms with van der Waals surface area (Å²) in [7, 11) is 0. The second-order valence-corrected chi connectivity index (χ2v) is 7.18. The van der Waals surface area contributed by atoms with Gasteiger partial charge >= 0.3 is 0 Å². The molecule has 8 heteroatoms. The molecule has 0 radical (unpaired) electrons. The number of halogens is 2. The molecule has 0 saturated heterocycles. The van der Waals surface area contributed by atoms with E-state index in [1.807, 2.05) is 12.1 Å². The number of benzene rings is 2. The van der Waals surface area contributed by atoms with Gasteiger partial charge in [-0.3, -0.25) is 14.7 Å². The Morgan fingerprint density at radius 3 is 2.59 bits per heavy atom. The van der Waals surface area contributed by atoms with Crippen molar-refractivity contribution in [2.45, 2.75) is 6.54 Å². The average molecular weight is 406 g/mol. The summed E-state index contributed by atoms with van der Waals surface area (Å²) >= 11 is 1.09. The Kier molecular flexibility index (Phi) is 4.97. The van der Waals surface area contributed by atoms with E-state index in [9.17, 15) is 13.6 Å². The largest absolute Gasteiger partial charge is 0.279 e. The van der Waals surface area contributed by atoms with Crippen molar-refractivity contribution < 1.29 is 13.6 Å². The molecule has 29 heavy (non-hydrogen) atoms. The minimum atomic E-state index is -0.994. The molecule has 0 aliphatic heterocycles. The smallest absolute Gasteiger partial charge is 0.260 e. The number of nitrogens with zero attached hydrogens (tertiary/aromatic N) is 4.